The van der Waals surface area contributed by atoms with Gasteiger partial charge in [-0.05, 0) is 89.0 Å². The molecular formula is C54H36N4O2. The minimum Gasteiger partial charge on any atom is -0.456 e. The van der Waals surface area contributed by atoms with E-state index in [-0.39, 0.29) is 5.41 Å². The molecule has 6 nitrogen and oxygen atoms in total. The van der Waals surface area contributed by atoms with Gasteiger partial charge in [-0.25, -0.2) is 15.0 Å². The molecule has 284 valence electrons. The Bertz CT molecular complexity index is 3470. The van der Waals surface area contributed by atoms with Crippen LogP contribution in [0.25, 0.3) is 89.2 Å². The standard InChI is InChI=1S/C54H36N4O2/c1-54(2)43-18-9-6-15-38(43)39-29-25-35(31-44(39)54)53-56-51(33-13-4-3-5-14-33)55-52(57-53)34-23-26-36(27-24-34)58(37-28-30-41-40-16-7-10-20-46(40)60-49(41)32-37)45-19-12-22-48-50(45)42-17-8-11-21-47(42)59-48/h3-32H,1-2H3. The van der Waals surface area contributed by atoms with Crippen LogP contribution in [0.4, 0.5) is 17.1 Å². The van der Waals surface area contributed by atoms with Gasteiger partial charge in [-0.3, -0.25) is 0 Å². The first kappa shape index (κ1) is 34.2. The van der Waals surface area contributed by atoms with Gasteiger partial charge in [0.05, 0.1) is 11.1 Å². The summed E-state index contributed by atoms with van der Waals surface area (Å²) in [5.41, 5.74) is 14.1. The zero-order chi connectivity index (χ0) is 40.0. The van der Waals surface area contributed by atoms with Gasteiger partial charge in [-0.2, -0.15) is 0 Å². The van der Waals surface area contributed by atoms with E-state index in [0.717, 1.165) is 77.6 Å². The first-order chi connectivity index (χ1) is 29.5. The number of hydrogen-bond donors (Lipinski definition) is 0. The number of hydrogen-bond acceptors (Lipinski definition) is 6. The van der Waals surface area contributed by atoms with Crippen molar-refractivity contribution >= 4 is 60.9 Å². The molecule has 0 atom stereocenters. The molecule has 0 aliphatic heterocycles. The molecule has 0 N–H and O–H groups in total. The Balaban J connectivity index is 1.01. The molecule has 0 radical (unpaired) electrons. The highest BCUT2D eigenvalue weighted by Crippen LogP contribution is 2.50. The van der Waals surface area contributed by atoms with Gasteiger partial charge in [0.15, 0.2) is 17.5 Å². The van der Waals surface area contributed by atoms with E-state index in [0.29, 0.717) is 17.5 Å². The highest BCUT2D eigenvalue weighted by molar-refractivity contribution is 6.14. The summed E-state index contributed by atoms with van der Waals surface area (Å²) in [7, 11) is 0. The third-order valence-corrected chi connectivity index (χ3v) is 12.1. The topological polar surface area (TPSA) is 68.2 Å². The number of para-hydroxylation sites is 2. The Hall–Kier alpha value is -7.83. The summed E-state index contributed by atoms with van der Waals surface area (Å²) in [5.74, 6) is 1.87. The van der Waals surface area contributed by atoms with Crippen LogP contribution in [0.3, 0.4) is 0 Å². The molecule has 12 rings (SSSR count). The van der Waals surface area contributed by atoms with E-state index in [4.69, 9.17) is 23.8 Å². The highest BCUT2D eigenvalue weighted by Gasteiger charge is 2.35. The second-order valence-electron chi connectivity index (χ2n) is 16.0. The van der Waals surface area contributed by atoms with Crippen LogP contribution in [0.2, 0.25) is 0 Å². The van der Waals surface area contributed by atoms with Crippen LogP contribution in [-0.2, 0) is 5.41 Å². The lowest BCUT2D eigenvalue weighted by atomic mass is 9.82. The van der Waals surface area contributed by atoms with E-state index >= 15 is 0 Å². The number of benzene rings is 8. The largest absolute Gasteiger partial charge is 0.456 e. The van der Waals surface area contributed by atoms with Crippen molar-refractivity contribution in [1.82, 2.24) is 15.0 Å². The molecule has 8 aromatic carbocycles. The van der Waals surface area contributed by atoms with E-state index in [1.807, 2.05) is 66.7 Å². The normalized spacial score (nSPS) is 13.0. The summed E-state index contributed by atoms with van der Waals surface area (Å²) in [5, 5.41) is 4.27. The molecule has 1 aliphatic rings. The van der Waals surface area contributed by atoms with E-state index in [9.17, 15) is 0 Å². The van der Waals surface area contributed by atoms with Crippen molar-refractivity contribution in [2.24, 2.45) is 0 Å². The first-order valence-corrected chi connectivity index (χ1v) is 20.3. The van der Waals surface area contributed by atoms with Gasteiger partial charge in [0.25, 0.3) is 0 Å². The number of furan rings is 2. The minimum atomic E-state index is -0.149. The lowest BCUT2D eigenvalue weighted by Gasteiger charge is -2.26. The second-order valence-corrected chi connectivity index (χ2v) is 16.0. The van der Waals surface area contributed by atoms with Crippen molar-refractivity contribution in [3.63, 3.8) is 0 Å². The molecule has 0 saturated heterocycles. The molecule has 0 fully saturated rings. The van der Waals surface area contributed by atoms with E-state index in [1.165, 1.54) is 22.3 Å². The van der Waals surface area contributed by atoms with E-state index in [1.54, 1.807) is 0 Å². The van der Waals surface area contributed by atoms with Gasteiger partial charge in [-0.15, -0.1) is 0 Å². The molecule has 1 aliphatic carbocycles. The van der Waals surface area contributed by atoms with Gasteiger partial charge in [-0.1, -0.05) is 123 Å². The van der Waals surface area contributed by atoms with E-state index in [2.05, 4.69) is 134 Å². The van der Waals surface area contributed by atoms with Crippen molar-refractivity contribution in [1.29, 1.82) is 0 Å². The Morgan fingerprint density at radius 2 is 0.967 bits per heavy atom. The number of anilines is 3. The first-order valence-electron chi connectivity index (χ1n) is 20.3. The fourth-order valence-corrected chi connectivity index (χ4v) is 9.18. The SMILES string of the molecule is CC1(C)c2ccccc2-c2ccc(-c3nc(-c4ccccc4)nc(-c4ccc(N(c5ccc6c(c5)oc5ccccc56)c5cccc6oc7ccccc7c56)cc4)n3)cc21. The van der Waals surface area contributed by atoms with Gasteiger partial charge in [0, 0.05) is 55.7 Å². The predicted octanol–water partition coefficient (Wildman–Crippen LogP) is 14.4. The Morgan fingerprint density at radius 3 is 1.77 bits per heavy atom. The lowest BCUT2D eigenvalue weighted by molar-refractivity contribution is 0.660. The fourth-order valence-electron chi connectivity index (χ4n) is 9.18. The Kier molecular flexibility index (Phi) is 7.47. The molecule has 6 heteroatoms. The van der Waals surface area contributed by atoms with Crippen LogP contribution in [0.5, 0.6) is 0 Å². The predicted molar refractivity (Wildman–Crippen MR) is 243 cm³/mol. The molecule has 0 saturated carbocycles. The summed E-state index contributed by atoms with van der Waals surface area (Å²) < 4.78 is 12.8. The Morgan fingerprint density at radius 1 is 0.400 bits per heavy atom. The van der Waals surface area contributed by atoms with Gasteiger partial charge in [0.1, 0.15) is 22.3 Å². The summed E-state index contributed by atoms with van der Waals surface area (Å²) >= 11 is 0. The number of fused-ring (bicyclic) bond motifs is 9. The summed E-state index contributed by atoms with van der Waals surface area (Å²) in [6, 6.07) is 63.0. The van der Waals surface area contributed by atoms with Gasteiger partial charge < -0.3 is 13.7 Å². The molecular weight excluding hydrogens is 737 g/mol. The molecule has 0 spiro atoms. The third-order valence-electron chi connectivity index (χ3n) is 12.1. The lowest BCUT2D eigenvalue weighted by Crippen LogP contribution is -2.15. The van der Waals surface area contributed by atoms with Crippen molar-refractivity contribution in [3.05, 3.63) is 193 Å². The second kappa shape index (κ2) is 13.1. The molecule has 0 amide bonds. The van der Waals surface area contributed by atoms with Gasteiger partial charge >= 0.3 is 0 Å². The maximum absolute atomic E-state index is 6.41. The van der Waals surface area contributed by atoms with Crippen molar-refractivity contribution in [2.75, 3.05) is 4.90 Å². The minimum absolute atomic E-state index is 0.149. The summed E-state index contributed by atoms with van der Waals surface area (Å²) in [4.78, 5) is 17.6. The van der Waals surface area contributed by atoms with Gasteiger partial charge in [0.2, 0.25) is 0 Å². The molecule has 0 bridgehead atoms. The quantitative estimate of drug-likeness (QED) is 0.168. The van der Waals surface area contributed by atoms with Crippen LogP contribution in [0.1, 0.15) is 25.0 Å². The van der Waals surface area contributed by atoms with Crippen LogP contribution < -0.4 is 4.90 Å². The fraction of sp³-hybridized carbons (Fsp3) is 0.0556. The number of rotatable bonds is 6. The monoisotopic (exact) mass is 772 g/mol. The molecule has 0 unspecified atom stereocenters. The number of aromatic nitrogens is 3. The van der Waals surface area contributed by atoms with Crippen LogP contribution >= 0.6 is 0 Å². The third kappa shape index (κ3) is 5.31. The van der Waals surface area contributed by atoms with Crippen molar-refractivity contribution < 1.29 is 8.83 Å². The van der Waals surface area contributed by atoms with Crippen LogP contribution in [-0.4, -0.2) is 15.0 Å². The Labute approximate surface area is 346 Å². The van der Waals surface area contributed by atoms with E-state index < -0.39 is 0 Å². The zero-order valence-corrected chi connectivity index (χ0v) is 32.9. The molecule has 60 heavy (non-hydrogen) atoms. The van der Waals surface area contributed by atoms with Crippen LogP contribution in [0.15, 0.2) is 191 Å². The maximum Gasteiger partial charge on any atom is 0.164 e. The molecule has 3 aromatic heterocycles. The smallest absolute Gasteiger partial charge is 0.164 e. The number of nitrogens with zero attached hydrogens (tertiary/aromatic N) is 4. The summed E-state index contributed by atoms with van der Waals surface area (Å²) in [6.07, 6.45) is 0. The van der Waals surface area contributed by atoms with Crippen molar-refractivity contribution in [3.8, 4) is 45.3 Å². The average molecular weight is 773 g/mol. The van der Waals surface area contributed by atoms with Crippen LogP contribution in [0, 0.1) is 0 Å². The summed E-state index contributed by atoms with van der Waals surface area (Å²) in [6.45, 7) is 4.59. The maximum atomic E-state index is 6.41. The van der Waals surface area contributed by atoms with Crippen molar-refractivity contribution in [2.45, 2.75) is 19.3 Å². The zero-order valence-electron chi connectivity index (χ0n) is 32.9. The highest BCUT2D eigenvalue weighted by atomic mass is 16.3. The molecule has 3 heterocycles. The molecule has 11 aromatic rings. The average Bonchev–Trinajstić information content (AvgIpc) is 3.94.